The SMILES string of the molecule is COc1cccc(C(=O)OCC(=O)N2CCN(c3cccc(Cl)c3)CC2)c1. The van der Waals surface area contributed by atoms with Gasteiger partial charge in [-0.2, -0.15) is 0 Å². The summed E-state index contributed by atoms with van der Waals surface area (Å²) < 4.78 is 10.2. The van der Waals surface area contributed by atoms with E-state index >= 15 is 0 Å². The van der Waals surface area contributed by atoms with Crippen molar-refractivity contribution in [1.82, 2.24) is 4.90 Å². The monoisotopic (exact) mass is 388 g/mol. The number of nitrogens with zero attached hydrogens (tertiary/aromatic N) is 2. The molecule has 27 heavy (non-hydrogen) atoms. The van der Waals surface area contributed by atoms with Gasteiger partial charge in [0, 0.05) is 36.9 Å². The summed E-state index contributed by atoms with van der Waals surface area (Å²) >= 11 is 6.04. The normalized spacial score (nSPS) is 14.0. The molecule has 3 rings (SSSR count). The number of ether oxygens (including phenoxy) is 2. The van der Waals surface area contributed by atoms with Gasteiger partial charge in [0.2, 0.25) is 0 Å². The number of methoxy groups -OCH3 is 1. The van der Waals surface area contributed by atoms with Crippen LogP contribution >= 0.6 is 11.6 Å². The van der Waals surface area contributed by atoms with Crippen LogP contribution in [0.3, 0.4) is 0 Å². The number of hydrogen-bond acceptors (Lipinski definition) is 5. The van der Waals surface area contributed by atoms with Gasteiger partial charge in [-0.15, -0.1) is 0 Å². The first-order valence-corrected chi connectivity index (χ1v) is 9.04. The molecule has 0 aromatic heterocycles. The molecule has 1 aliphatic heterocycles. The van der Waals surface area contributed by atoms with E-state index in [0.29, 0.717) is 42.5 Å². The van der Waals surface area contributed by atoms with Crippen LogP contribution in [0, 0.1) is 0 Å². The lowest BCUT2D eigenvalue weighted by atomic mass is 10.2. The Kier molecular flexibility index (Phi) is 6.19. The minimum atomic E-state index is -0.542. The Morgan fingerprint density at radius 2 is 1.78 bits per heavy atom. The lowest BCUT2D eigenvalue weighted by molar-refractivity contribution is -0.134. The maximum Gasteiger partial charge on any atom is 0.338 e. The van der Waals surface area contributed by atoms with Crippen molar-refractivity contribution >= 4 is 29.2 Å². The zero-order valence-corrected chi connectivity index (χ0v) is 15.8. The molecule has 1 saturated heterocycles. The van der Waals surface area contributed by atoms with Crippen LogP contribution in [-0.2, 0) is 9.53 Å². The summed E-state index contributed by atoms with van der Waals surface area (Å²) in [6, 6.07) is 14.3. The fraction of sp³-hybridized carbons (Fsp3) is 0.300. The number of benzene rings is 2. The predicted octanol–water partition coefficient (Wildman–Crippen LogP) is 2.85. The van der Waals surface area contributed by atoms with E-state index in [-0.39, 0.29) is 12.5 Å². The van der Waals surface area contributed by atoms with E-state index in [1.165, 1.54) is 7.11 Å². The topological polar surface area (TPSA) is 59.1 Å². The van der Waals surface area contributed by atoms with Crippen LogP contribution in [-0.4, -0.2) is 56.7 Å². The number of carbonyl (C=O) groups excluding carboxylic acids is 2. The minimum Gasteiger partial charge on any atom is -0.497 e. The van der Waals surface area contributed by atoms with E-state index in [4.69, 9.17) is 21.1 Å². The smallest absolute Gasteiger partial charge is 0.338 e. The van der Waals surface area contributed by atoms with Crippen molar-refractivity contribution in [2.75, 3.05) is 44.8 Å². The summed E-state index contributed by atoms with van der Waals surface area (Å²) in [6.45, 7) is 2.28. The molecular formula is C20H21ClN2O4. The molecule has 142 valence electrons. The van der Waals surface area contributed by atoms with Gasteiger partial charge in [-0.3, -0.25) is 4.79 Å². The Labute approximate surface area is 163 Å². The van der Waals surface area contributed by atoms with E-state index in [1.54, 1.807) is 29.2 Å². The second kappa shape index (κ2) is 8.77. The highest BCUT2D eigenvalue weighted by Crippen LogP contribution is 2.21. The maximum absolute atomic E-state index is 12.3. The zero-order chi connectivity index (χ0) is 19.2. The first-order valence-electron chi connectivity index (χ1n) is 8.66. The van der Waals surface area contributed by atoms with Crippen LogP contribution in [0.4, 0.5) is 5.69 Å². The Bertz CT molecular complexity index is 819. The van der Waals surface area contributed by atoms with Gasteiger partial charge < -0.3 is 19.3 Å². The van der Waals surface area contributed by atoms with Crippen molar-refractivity contribution < 1.29 is 19.1 Å². The molecule has 1 heterocycles. The second-order valence-electron chi connectivity index (χ2n) is 6.16. The number of amides is 1. The van der Waals surface area contributed by atoms with Crippen LogP contribution in [0.5, 0.6) is 5.75 Å². The number of halogens is 1. The van der Waals surface area contributed by atoms with Crippen LogP contribution in [0.2, 0.25) is 5.02 Å². The molecule has 0 atom stereocenters. The maximum atomic E-state index is 12.3. The molecule has 0 bridgehead atoms. The summed E-state index contributed by atoms with van der Waals surface area (Å²) in [5.74, 6) is -0.176. The van der Waals surface area contributed by atoms with Crippen molar-refractivity contribution in [2.24, 2.45) is 0 Å². The first-order chi connectivity index (χ1) is 13.1. The van der Waals surface area contributed by atoms with Crippen molar-refractivity contribution in [3.8, 4) is 5.75 Å². The molecule has 0 saturated carbocycles. The molecule has 0 radical (unpaired) electrons. The molecule has 0 N–H and O–H groups in total. The summed E-state index contributed by atoms with van der Waals surface area (Å²) in [5.41, 5.74) is 1.40. The van der Waals surface area contributed by atoms with Crippen molar-refractivity contribution in [1.29, 1.82) is 0 Å². The second-order valence-corrected chi connectivity index (χ2v) is 6.59. The van der Waals surface area contributed by atoms with Crippen LogP contribution in [0.1, 0.15) is 10.4 Å². The number of rotatable bonds is 5. The Balaban J connectivity index is 1.48. The Hall–Kier alpha value is -2.73. The van der Waals surface area contributed by atoms with E-state index in [0.717, 1.165) is 5.69 Å². The molecule has 1 amide bonds. The highest BCUT2D eigenvalue weighted by Gasteiger charge is 2.22. The number of carbonyl (C=O) groups is 2. The number of piperazine rings is 1. The summed E-state index contributed by atoms with van der Waals surface area (Å²) in [7, 11) is 1.52. The van der Waals surface area contributed by atoms with Crippen LogP contribution in [0.15, 0.2) is 48.5 Å². The number of anilines is 1. The highest BCUT2D eigenvalue weighted by molar-refractivity contribution is 6.30. The molecule has 2 aromatic carbocycles. The van der Waals surface area contributed by atoms with E-state index < -0.39 is 5.97 Å². The van der Waals surface area contributed by atoms with Crippen molar-refractivity contribution in [2.45, 2.75) is 0 Å². The quantitative estimate of drug-likeness (QED) is 0.737. The van der Waals surface area contributed by atoms with Crippen LogP contribution in [0.25, 0.3) is 0 Å². The lowest BCUT2D eigenvalue weighted by Gasteiger charge is -2.36. The Morgan fingerprint density at radius 1 is 1.04 bits per heavy atom. The Morgan fingerprint density at radius 3 is 2.48 bits per heavy atom. The van der Waals surface area contributed by atoms with Gasteiger partial charge >= 0.3 is 5.97 Å². The van der Waals surface area contributed by atoms with Gasteiger partial charge in [0.05, 0.1) is 12.7 Å². The largest absolute Gasteiger partial charge is 0.497 e. The van der Waals surface area contributed by atoms with Gasteiger partial charge in [0.15, 0.2) is 6.61 Å². The van der Waals surface area contributed by atoms with E-state index in [2.05, 4.69) is 4.90 Å². The van der Waals surface area contributed by atoms with Crippen LogP contribution < -0.4 is 9.64 Å². The van der Waals surface area contributed by atoms with Gasteiger partial charge in [0.1, 0.15) is 5.75 Å². The third-order valence-electron chi connectivity index (χ3n) is 4.44. The average Bonchev–Trinajstić information content (AvgIpc) is 2.72. The van der Waals surface area contributed by atoms with Gasteiger partial charge in [-0.1, -0.05) is 23.7 Å². The number of hydrogen-bond donors (Lipinski definition) is 0. The summed E-state index contributed by atoms with van der Waals surface area (Å²) in [6.07, 6.45) is 0. The fourth-order valence-electron chi connectivity index (χ4n) is 2.94. The fourth-order valence-corrected chi connectivity index (χ4v) is 3.12. The van der Waals surface area contributed by atoms with Crippen molar-refractivity contribution in [3.63, 3.8) is 0 Å². The van der Waals surface area contributed by atoms with Gasteiger partial charge in [-0.05, 0) is 36.4 Å². The molecular weight excluding hydrogens is 368 g/mol. The zero-order valence-electron chi connectivity index (χ0n) is 15.1. The third kappa shape index (κ3) is 4.92. The molecule has 7 heteroatoms. The molecule has 0 unspecified atom stereocenters. The van der Waals surface area contributed by atoms with Crippen molar-refractivity contribution in [3.05, 3.63) is 59.1 Å². The molecule has 0 aliphatic carbocycles. The summed E-state index contributed by atoms with van der Waals surface area (Å²) in [4.78, 5) is 28.3. The molecule has 2 aromatic rings. The standard InChI is InChI=1S/C20H21ClN2O4/c1-26-18-7-2-4-15(12-18)20(25)27-14-19(24)23-10-8-22(9-11-23)17-6-3-5-16(21)13-17/h2-7,12-13H,8-11,14H2,1H3. The van der Waals surface area contributed by atoms with Gasteiger partial charge in [-0.25, -0.2) is 4.79 Å². The lowest BCUT2D eigenvalue weighted by Crippen LogP contribution is -2.49. The molecule has 1 aliphatic rings. The first kappa shape index (κ1) is 19.0. The average molecular weight is 389 g/mol. The predicted molar refractivity (Wildman–Crippen MR) is 104 cm³/mol. The third-order valence-corrected chi connectivity index (χ3v) is 4.67. The minimum absolute atomic E-state index is 0.197. The van der Waals surface area contributed by atoms with Gasteiger partial charge in [0.25, 0.3) is 5.91 Å². The molecule has 1 fully saturated rings. The molecule has 0 spiro atoms. The molecule has 6 nitrogen and oxygen atoms in total. The van der Waals surface area contributed by atoms with E-state index in [9.17, 15) is 9.59 Å². The number of esters is 1. The summed E-state index contributed by atoms with van der Waals surface area (Å²) in [5, 5.41) is 0.690. The van der Waals surface area contributed by atoms with E-state index in [1.807, 2.05) is 24.3 Å². The highest BCUT2D eigenvalue weighted by atomic mass is 35.5.